The van der Waals surface area contributed by atoms with E-state index < -0.39 is 5.97 Å². The molecule has 0 aliphatic heterocycles. The Balaban J connectivity index is 2.08. The summed E-state index contributed by atoms with van der Waals surface area (Å²) in [6, 6.07) is 3.36. The lowest BCUT2D eigenvalue weighted by molar-refractivity contribution is 0.0684. The molecule has 0 atom stereocenters. The topological polar surface area (TPSA) is 72.3 Å². The van der Waals surface area contributed by atoms with Gasteiger partial charge in [0.2, 0.25) is 0 Å². The van der Waals surface area contributed by atoms with Gasteiger partial charge in [-0.15, -0.1) is 11.3 Å². The van der Waals surface area contributed by atoms with E-state index in [-0.39, 0.29) is 18.1 Å². The largest absolute Gasteiger partial charge is 0.485 e. The molecule has 106 valence electrons. The molecule has 0 aliphatic rings. The Bertz CT molecular complexity index is 610. The van der Waals surface area contributed by atoms with Crippen molar-refractivity contribution < 1.29 is 14.6 Å². The van der Waals surface area contributed by atoms with Gasteiger partial charge >= 0.3 is 5.97 Å². The van der Waals surface area contributed by atoms with Gasteiger partial charge in [-0.3, -0.25) is 0 Å². The van der Waals surface area contributed by atoms with E-state index >= 15 is 0 Å². The first kappa shape index (κ1) is 14.5. The minimum Gasteiger partial charge on any atom is -0.485 e. The maximum absolute atomic E-state index is 11.1. The van der Waals surface area contributed by atoms with E-state index in [9.17, 15) is 4.79 Å². The molecule has 2 rings (SSSR count). The molecule has 20 heavy (non-hydrogen) atoms. The predicted molar refractivity (Wildman–Crippen MR) is 76.4 cm³/mol. The van der Waals surface area contributed by atoms with Gasteiger partial charge in [0.1, 0.15) is 6.61 Å². The van der Waals surface area contributed by atoms with E-state index in [1.807, 2.05) is 5.38 Å². The smallest absolute Gasteiger partial charge is 0.358 e. The first-order valence-electron chi connectivity index (χ1n) is 6.37. The molecule has 0 fully saturated rings. The molecule has 0 aliphatic carbocycles. The van der Waals surface area contributed by atoms with E-state index in [1.54, 1.807) is 30.4 Å². The lowest BCUT2D eigenvalue weighted by Gasteiger charge is -2.07. The lowest BCUT2D eigenvalue weighted by Crippen LogP contribution is -2.07. The summed E-state index contributed by atoms with van der Waals surface area (Å²) in [5.41, 5.74) is 1.40. The van der Waals surface area contributed by atoms with Crippen molar-refractivity contribution in [2.45, 2.75) is 33.3 Å². The minimum absolute atomic E-state index is 0.0611. The fourth-order valence-electron chi connectivity index (χ4n) is 1.71. The number of carbonyl (C=O) groups is 1. The lowest BCUT2D eigenvalue weighted by atomic mass is 10.3. The molecule has 0 amide bonds. The molecule has 0 spiro atoms. The maximum Gasteiger partial charge on any atom is 0.358 e. The SMILES string of the molecule is CCCc1nc(COc2ccc(C)nc2C(=O)O)cs1. The highest BCUT2D eigenvalue weighted by molar-refractivity contribution is 7.09. The number of hydrogen-bond donors (Lipinski definition) is 1. The highest BCUT2D eigenvalue weighted by Crippen LogP contribution is 2.19. The molecule has 0 bridgehead atoms. The van der Waals surface area contributed by atoms with Crippen LogP contribution in [0.4, 0.5) is 0 Å². The van der Waals surface area contributed by atoms with Crippen LogP contribution < -0.4 is 4.74 Å². The summed E-state index contributed by atoms with van der Waals surface area (Å²) in [7, 11) is 0. The number of ether oxygens (including phenoxy) is 1. The summed E-state index contributed by atoms with van der Waals surface area (Å²) in [5.74, 6) is -0.818. The van der Waals surface area contributed by atoms with E-state index in [1.165, 1.54) is 0 Å². The zero-order chi connectivity index (χ0) is 14.5. The molecule has 1 N–H and O–H groups in total. The zero-order valence-electron chi connectivity index (χ0n) is 11.4. The molecular weight excluding hydrogens is 276 g/mol. The van der Waals surface area contributed by atoms with Crippen LogP contribution in [0.1, 0.15) is 40.2 Å². The van der Waals surface area contributed by atoms with Gasteiger partial charge in [-0.1, -0.05) is 6.92 Å². The second kappa shape index (κ2) is 6.47. The van der Waals surface area contributed by atoms with Crippen molar-refractivity contribution in [2.75, 3.05) is 0 Å². The number of aromatic nitrogens is 2. The van der Waals surface area contributed by atoms with Gasteiger partial charge in [0, 0.05) is 11.1 Å². The molecule has 0 saturated heterocycles. The standard InChI is InChI=1S/C14H16N2O3S/c1-3-4-12-16-10(8-20-12)7-19-11-6-5-9(2)15-13(11)14(17)18/h5-6,8H,3-4,7H2,1-2H3,(H,17,18). The van der Waals surface area contributed by atoms with Crippen molar-refractivity contribution in [3.8, 4) is 5.75 Å². The molecule has 2 heterocycles. The maximum atomic E-state index is 11.1. The Morgan fingerprint density at radius 2 is 2.20 bits per heavy atom. The highest BCUT2D eigenvalue weighted by Gasteiger charge is 2.14. The Hall–Kier alpha value is -1.95. The molecule has 6 heteroatoms. The Labute approximate surface area is 121 Å². The van der Waals surface area contributed by atoms with Crippen LogP contribution >= 0.6 is 11.3 Å². The van der Waals surface area contributed by atoms with E-state index in [2.05, 4.69) is 16.9 Å². The quantitative estimate of drug-likeness (QED) is 0.885. The molecular formula is C14H16N2O3S. The molecule has 2 aromatic rings. The molecule has 0 saturated carbocycles. The summed E-state index contributed by atoms with van der Waals surface area (Å²) in [6.45, 7) is 4.10. The number of aromatic carboxylic acids is 1. The van der Waals surface area contributed by atoms with Crippen LogP contribution in [0.15, 0.2) is 17.5 Å². The summed E-state index contributed by atoms with van der Waals surface area (Å²) in [5, 5.41) is 12.1. The average Bonchev–Trinajstić information content (AvgIpc) is 2.85. The van der Waals surface area contributed by atoms with E-state index in [4.69, 9.17) is 9.84 Å². The second-order valence-corrected chi connectivity index (χ2v) is 5.32. The molecule has 0 unspecified atom stereocenters. The van der Waals surface area contributed by atoms with Gasteiger partial charge in [0.05, 0.1) is 10.7 Å². The van der Waals surface area contributed by atoms with Gasteiger partial charge in [-0.05, 0) is 31.9 Å². The first-order chi connectivity index (χ1) is 9.60. The summed E-state index contributed by atoms with van der Waals surface area (Å²) in [6.07, 6.45) is 2.01. The Morgan fingerprint density at radius 1 is 1.40 bits per heavy atom. The molecule has 2 aromatic heterocycles. The van der Waals surface area contributed by atoms with E-state index in [0.717, 1.165) is 23.5 Å². The van der Waals surface area contributed by atoms with Crippen LogP contribution in [0.2, 0.25) is 0 Å². The molecule has 5 nitrogen and oxygen atoms in total. The normalized spacial score (nSPS) is 10.5. The minimum atomic E-state index is -1.09. The van der Waals surface area contributed by atoms with Gasteiger partial charge < -0.3 is 9.84 Å². The number of hydrogen-bond acceptors (Lipinski definition) is 5. The van der Waals surface area contributed by atoms with E-state index in [0.29, 0.717) is 5.69 Å². The van der Waals surface area contributed by atoms with Gasteiger partial charge in [0.25, 0.3) is 0 Å². The van der Waals surface area contributed by atoms with Gasteiger partial charge in [0.15, 0.2) is 11.4 Å². The van der Waals surface area contributed by atoms with Crippen molar-refractivity contribution in [1.82, 2.24) is 9.97 Å². The van der Waals surface area contributed by atoms with Crippen LogP contribution in [-0.4, -0.2) is 21.0 Å². The van der Waals surface area contributed by atoms with Gasteiger partial charge in [-0.2, -0.15) is 0 Å². The monoisotopic (exact) mass is 292 g/mol. The third-order valence-electron chi connectivity index (χ3n) is 2.64. The van der Waals surface area contributed by atoms with Crippen LogP contribution in [0, 0.1) is 6.92 Å². The van der Waals surface area contributed by atoms with Gasteiger partial charge in [-0.25, -0.2) is 14.8 Å². The van der Waals surface area contributed by atoms with Crippen molar-refractivity contribution >= 4 is 17.3 Å². The van der Waals surface area contributed by atoms with Crippen molar-refractivity contribution in [3.05, 3.63) is 39.6 Å². The number of aryl methyl sites for hydroxylation is 2. The third-order valence-corrected chi connectivity index (χ3v) is 3.60. The Morgan fingerprint density at radius 3 is 2.90 bits per heavy atom. The number of carboxylic acids is 1. The number of rotatable bonds is 6. The Kier molecular flexibility index (Phi) is 4.68. The predicted octanol–water partition coefficient (Wildman–Crippen LogP) is 3.08. The number of carboxylic acid groups (broad SMARTS) is 1. The number of pyridine rings is 1. The number of thiazole rings is 1. The van der Waals surface area contributed by atoms with Crippen molar-refractivity contribution in [2.24, 2.45) is 0 Å². The fraction of sp³-hybridized carbons (Fsp3) is 0.357. The van der Waals surface area contributed by atoms with Crippen LogP contribution in [0.3, 0.4) is 0 Å². The average molecular weight is 292 g/mol. The number of nitrogens with zero attached hydrogens (tertiary/aromatic N) is 2. The van der Waals surface area contributed by atoms with Crippen LogP contribution in [0.5, 0.6) is 5.75 Å². The summed E-state index contributed by atoms with van der Waals surface area (Å²) < 4.78 is 5.53. The van der Waals surface area contributed by atoms with Crippen LogP contribution in [0.25, 0.3) is 0 Å². The molecule has 0 radical (unpaired) electrons. The summed E-state index contributed by atoms with van der Waals surface area (Å²) in [4.78, 5) is 19.5. The molecule has 0 aromatic carbocycles. The summed E-state index contributed by atoms with van der Waals surface area (Å²) >= 11 is 1.60. The first-order valence-corrected chi connectivity index (χ1v) is 7.25. The van der Waals surface area contributed by atoms with Crippen molar-refractivity contribution in [1.29, 1.82) is 0 Å². The fourth-order valence-corrected chi connectivity index (χ4v) is 2.59. The third kappa shape index (κ3) is 3.54. The highest BCUT2D eigenvalue weighted by atomic mass is 32.1. The second-order valence-electron chi connectivity index (χ2n) is 4.38. The zero-order valence-corrected chi connectivity index (χ0v) is 12.2. The van der Waals surface area contributed by atoms with Crippen LogP contribution in [-0.2, 0) is 13.0 Å². The van der Waals surface area contributed by atoms with Crippen molar-refractivity contribution in [3.63, 3.8) is 0 Å².